The van der Waals surface area contributed by atoms with E-state index in [-0.39, 0.29) is 12.2 Å². The Hall–Kier alpha value is -0.200. The van der Waals surface area contributed by atoms with E-state index in [1.807, 2.05) is 0 Å². The van der Waals surface area contributed by atoms with Crippen LogP contribution < -0.4 is 0 Å². The SMILES string of the molecule is CCCCOCCOCCOCCOC1CCCC(O)C1. The lowest BCUT2D eigenvalue weighted by molar-refractivity contribution is -0.0449. The minimum Gasteiger partial charge on any atom is -0.393 e. The molecule has 2 unspecified atom stereocenters. The van der Waals surface area contributed by atoms with Crippen LogP contribution in [0.15, 0.2) is 0 Å². The summed E-state index contributed by atoms with van der Waals surface area (Å²) in [5.41, 5.74) is 0. The van der Waals surface area contributed by atoms with E-state index in [0.717, 1.165) is 45.1 Å². The van der Waals surface area contributed by atoms with E-state index >= 15 is 0 Å². The van der Waals surface area contributed by atoms with Crippen LogP contribution in [0.4, 0.5) is 0 Å². The Labute approximate surface area is 128 Å². The highest BCUT2D eigenvalue weighted by atomic mass is 16.6. The van der Waals surface area contributed by atoms with Gasteiger partial charge < -0.3 is 24.1 Å². The van der Waals surface area contributed by atoms with Crippen molar-refractivity contribution in [1.29, 1.82) is 0 Å². The highest BCUT2D eigenvalue weighted by molar-refractivity contribution is 4.72. The maximum atomic E-state index is 9.53. The second-order valence-electron chi connectivity index (χ2n) is 5.50. The minimum absolute atomic E-state index is 0.183. The fourth-order valence-electron chi connectivity index (χ4n) is 2.33. The molecule has 0 aromatic rings. The fourth-order valence-corrected chi connectivity index (χ4v) is 2.33. The first kappa shape index (κ1) is 18.8. The maximum absolute atomic E-state index is 9.53. The van der Waals surface area contributed by atoms with Crippen LogP contribution in [0, 0.1) is 0 Å². The smallest absolute Gasteiger partial charge is 0.0704 e. The molecule has 0 radical (unpaired) electrons. The van der Waals surface area contributed by atoms with Crippen molar-refractivity contribution in [3.05, 3.63) is 0 Å². The van der Waals surface area contributed by atoms with Gasteiger partial charge in [-0.15, -0.1) is 0 Å². The van der Waals surface area contributed by atoms with E-state index in [1.165, 1.54) is 0 Å². The normalized spacial score (nSPS) is 22.6. The molecule has 0 spiro atoms. The van der Waals surface area contributed by atoms with Crippen molar-refractivity contribution in [2.45, 2.75) is 57.7 Å². The van der Waals surface area contributed by atoms with Crippen LogP contribution >= 0.6 is 0 Å². The van der Waals surface area contributed by atoms with E-state index in [0.29, 0.717) is 39.6 Å². The standard InChI is InChI=1S/C16H32O5/c1-2-3-7-18-8-9-19-10-11-20-12-13-21-16-6-4-5-15(17)14-16/h15-17H,2-14H2,1H3. The van der Waals surface area contributed by atoms with Crippen LogP contribution in [0.2, 0.25) is 0 Å². The number of hydrogen-bond donors (Lipinski definition) is 1. The molecule has 1 fully saturated rings. The molecule has 1 saturated carbocycles. The average molecular weight is 304 g/mol. The van der Waals surface area contributed by atoms with Crippen molar-refractivity contribution in [3.63, 3.8) is 0 Å². The Bertz CT molecular complexity index is 225. The number of rotatable bonds is 13. The molecule has 0 aliphatic heterocycles. The topological polar surface area (TPSA) is 57.2 Å². The maximum Gasteiger partial charge on any atom is 0.0704 e. The summed E-state index contributed by atoms with van der Waals surface area (Å²) in [7, 11) is 0. The predicted molar refractivity (Wildman–Crippen MR) is 81.6 cm³/mol. The number of aliphatic hydroxyl groups excluding tert-OH is 1. The fraction of sp³-hybridized carbons (Fsp3) is 1.00. The molecule has 1 rings (SSSR count). The number of hydrogen-bond acceptors (Lipinski definition) is 5. The van der Waals surface area contributed by atoms with Gasteiger partial charge in [0.05, 0.1) is 51.8 Å². The van der Waals surface area contributed by atoms with Crippen LogP contribution in [0.25, 0.3) is 0 Å². The lowest BCUT2D eigenvalue weighted by atomic mass is 9.95. The zero-order chi connectivity index (χ0) is 15.2. The molecular weight excluding hydrogens is 272 g/mol. The first-order valence-electron chi connectivity index (χ1n) is 8.35. The van der Waals surface area contributed by atoms with Crippen LogP contribution in [-0.2, 0) is 18.9 Å². The van der Waals surface area contributed by atoms with Crippen LogP contribution in [-0.4, -0.2) is 63.6 Å². The molecule has 0 bridgehead atoms. The Balaban J connectivity index is 1.74. The monoisotopic (exact) mass is 304 g/mol. The van der Waals surface area contributed by atoms with Crippen molar-refractivity contribution >= 4 is 0 Å². The minimum atomic E-state index is -0.183. The molecule has 0 saturated heterocycles. The second kappa shape index (κ2) is 13.5. The molecule has 1 N–H and O–H groups in total. The van der Waals surface area contributed by atoms with Gasteiger partial charge in [0.1, 0.15) is 0 Å². The van der Waals surface area contributed by atoms with Gasteiger partial charge in [0.15, 0.2) is 0 Å². The molecular formula is C16H32O5. The van der Waals surface area contributed by atoms with E-state index in [9.17, 15) is 5.11 Å². The lowest BCUT2D eigenvalue weighted by Crippen LogP contribution is -2.27. The molecule has 2 atom stereocenters. The predicted octanol–water partition coefficient (Wildman–Crippen LogP) is 2.16. The second-order valence-corrected chi connectivity index (χ2v) is 5.50. The highest BCUT2D eigenvalue weighted by Crippen LogP contribution is 2.20. The van der Waals surface area contributed by atoms with Crippen LogP contribution in [0.1, 0.15) is 45.4 Å². The summed E-state index contributed by atoms with van der Waals surface area (Å²) in [6.45, 7) is 6.63. The van der Waals surface area contributed by atoms with Gasteiger partial charge in [-0.1, -0.05) is 13.3 Å². The Morgan fingerprint density at radius 2 is 1.48 bits per heavy atom. The van der Waals surface area contributed by atoms with E-state index in [4.69, 9.17) is 18.9 Å². The van der Waals surface area contributed by atoms with Crippen LogP contribution in [0.5, 0.6) is 0 Å². The summed E-state index contributed by atoms with van der Waals surface area (Å²) in [6, 6.07) is 0. The van der Waals surface area contributed by atoms with Gasteiger partial charge in [0.25, 0.3) is 0 Å². The molecule has 0 heterocycles. The van der Waals surface area contributed by atoms with E-state index in [2.05, 4.69) is 6.92 Å². The first-order chi connectivity index (χ1) is 10.3. The molecule has 5 nitrogen and oxygen atoms in total. The van der Waals surface area contributed by atoms with Crippen LogP contribution in [0.3, 0.4) is 0 Å². The Kier molecular flexibility index (Phi) is 12.1. The third kappa shape index (κ3) is 11.1. The van der Waals surface area contributed by atoms with Gasteiger partial charge >= 0.3 is 0 Å². The third-order valence-corrected chi connectivity index (χ3v) is 3.57. The zero-order valence-electron chi connectivity index (χ0n) is 13.4. The van der Waals surface area contributed by atoms with Crippen molar-refractivity contribution in [3.8, 4) is 0 Å². The zero-order valence-corrected chi connectivity index (χ0v) is 13.4. The van der Waals surface area contributed by atoms with Gasteiger partial charge in [-0.05, 0) is 32.1 Å². The van der Waals surface area contributed by atoms with Gasteiger partial charge in [-0.25, -0.2) is 0 Å². The van der Waals surface area contributed by atoms with Crippen molar-refractivity contribution in [2.24, 2.45) is 0 Å². The van der Waals surface area contributed by atoms with Gasteiger partial charge in [0.2, 0.25) is 0 Å². The Morgan fingerprint density at radius 3 is 2.10 bits per heavy atom. The van der Waals surface area contributed by atoms with Gasteiger partial charge in [0, 0.05) is 6.61 Å². The summed E-state index contributed by atoms with van der Waals surface area (Å²) < 4.78 is 21.9. The van der Waals surface area contributed by atoms with Crippen molar-refractivity contribution in [2.75, 3.05) is 46.2 Å². The molecule has 126 valence electrons. The summed E-state index contributed by atoms with van der Waals surface area (Å²) in [4.78, 5) is 0. The molecule has 1 aliphatic rings. The molecule has 0 amide bonds. The highest BCUT2D eigenvalue weighted by Gasteiger charge is 2.20. The van der Waals surface area contributed by atoms with E-state index in [1.54, 1.807) is 0 Å². The summed E-state index contributed by atoms with van der Waals surface area (Å²) in [6.07, 6.45) is 6.08. The third-order valence-electron chi connectivity index (χ3n) is 3.57. The molecule has 0 aromatic heterocycles. The quantitative estimate of drug-likeness (QED) is 0.528. The number of aliphatic hydroxyl groups is 1. The molecule has 1 aliphatic carbocycles. The van der Waals surface area contributed by atoms with Gasteiger partial charge in [-0.2, -0.15) is 0 Å². The largest absolute Gasteiger partial charge is 0.393 e. The van der Waals surface area contributed by atoms with E-state index < -0.39 is 0 Å². The van der Waals surface area contributed by atoms with Crippen molar-refractivity contribution in [1.82, 2.24) is 0 Å². The summed E-state index contributed by atoms with van der Waals surface area (Å²) in [5.74, 6) is 0. The number of unbranched alkanes of at least 4 members (excludes halogenated alkanes) is 1. The summed E-state index contributed by atoms with van der Waals surface area (Å²) in [5, 5.41) is 9.53. The van der Waals surface area contributed by atoms with Gasteiger partial charge in [-0.3, -0.25) is 0 Å². The van der Waals surface area contributed by atoms with Crippen molar-refractivity contribution < 1.29 is 24.1 Å². The lowest BCUT2D eigenvalue weighted by Gasteiger charge is -2.25. The molecule has 0 aromatic carbocycles. The molecule has 21 heavy (non-hydrogen) atoms. The molecule has 5 heteroatoms. The number of ether oxygens (including phenoxy) is 4. The average Bonchev–Trinajstić information content (AvgIpc) is 2.48. The first-order valence-corrected chi connectivity index (χ1v) is 8.35. The summed E-state index contributed by atoms with van der Waals surface area (Å²) >= 11 is 0. The Morgan fingerprint density at radius 1 is 0.857 bits per heavy atom.